The van der Waals surface area contributed by atoms with E-state index >= 15 is 0 Å². The van der Waals surface area contributed by atoms with Crippen molar-refractivity contribution in [2.45, 2.75) is 58.9 Å². The van der Waals surface area contributed by atoms with Crippen molar-refractivity contribution in [1.82, 2.24) is 4.31 Å². The molecule has 18 heavy (non-hydrogen) atoms. The summed E-state index contributed by atoms with van der Waals surface area (Å²) in [6.07, 6.45) is 5.48. The molecule has 1 rings (SSSR count). The smallest absolute Gasteiger partial charge is 0.214 e. The fraction of sp³-hybridized carbons (Fsp3) is 1.00. The summed E-state index contributed by atoms with van der Waals surface area (Å²) >= 11 is 0. The van der Waals surface area contributed by atoms with Crippen molar-refractivity contribution in [3.63, 3.8) is 0 Å². The number of sulfonamides is 1. The van der Waals surface area contributed by atoms with E-state index in [0.717, 1.165) is 25.7 Å². The van der Waals surface area contributed by atoms with Gasteiger partial charge in [0, 0.05) is 19.1 Å². The van der Waals surface area contributed by atoms with Crippen LogP contribution in [0.4, 0.5) is 0 Å². The fourth-order valence-corrected chi connectivity index (χ4v) is 4.98. The third-order valence-corrected chi connectivity index (χ3v) is 5.73. The maximum atomic E-state index is 12.5. The second-order valence-corrected chi connectivity index (χ2v) is 8.43. The standard InChI is InChI=1S/C13H28N2O2S/c1-13(2,3)11-18(16,17)15(10-9-14)12-7-5-4-6-8-12/h12H,4-11,14H2,1-3H3. The molecule has 0 spiro atoms. The summed E-state index contributed by atoms with van der Waals surface area (Å²) in [5.41, 5.74) is 5.38. The minimum Gasteiger partial charge on any atom is -0.329 e. The van der Waals surface area contributed by atoms with Gasteiger partial charge in [0.05, 0.1) is 5.75 Å². The molecule has 1 fully saturated rings. The minimum absolute atomic E-state index is 0.176. The van der Waals surface area contributed by atoms with Crippen LogP contribution in [0.15, 0.2) is 0 Å². The number of hydrogen-bond donors (Lipinski definition) is 1. The molecule has 0 aromatic heterocycles. The molecule has 0 aromatic carbocycles. The number of nitrogens with two attached hydrogens (primary N) is 1. The molecular weight excluding hydrogens is 248 g/mol. The van der Waals surface area contributed by atoms with Crippen LogP contribution in [0, 0.1) is 5.41 Å². The Morgan fingerprint density at radius 3 is 2.17 bits per heavy atom. The van der Waals surface area contributed by atoms with Gasteiger partial charge in [-0.1, -0.05) is 40.0 Å². The van der Waals surface area contributed by atoms with Crippen LogP contribution < -0.4 is 5.73 Å². The van der Waals surface area contributed by atoms with Gasteiger partial charge in [-0.3, -0.25) is 0 Å². The molecule has 0 radical (unpaired) electrons. The molecule has 0 amide bonds. The van der Waals surface area contributed by atoms with Gasteiger partial charge in [-0.25, -0.2) is 8.42 Å². The van der Waals surface area contributed by atoms with Gasteiger partial charge >= 0.3 is 0 Å². The van der Waals surface area contributed by atoms with Gasteiger partial charge in [-0.05, 0) is 18.3 Å². The third-order valence-electron chi connectivity index (χ3n) is 3.30. The molecule has 0 heterocycles. The van der Waals surface area contributed by atoms with Gasteiger partial charge in [0.25, 0.3) is 0 Å². The van der Waals surface area contributed by atoms with E-state index in [2.05, 4.69) is 0 Å². The highest BCUT2D eigenvalue weighted by atomic mass is 32.2. The molecule has 0 saturated heterocycles. The minimum atomic E-state index is -3.19. The summed E-state index contributed by atoms with van der Waals surface area (Å²) in [4.78, 5) is 0. The average molecular weight is 276 g/mol. The van der Waals surface area contributed by atoms with E-state index in [1.807, 2.05) is 20.8 Å². The van der Waals surface area contributed by atoms with Crippen molar-refractivity contribution < 1.29 is 8.42 Å². The largest absolute Gasteiger partial charge is 0.329 e. The highest BCUT2D eigenvalue weighted by molar-refractivity contribution is 7.89. The lowest BCUT2D eigenvalue weighted by Crippen LogP contribution is -2.46. The Kier molecular flexibility index (Phi) is 5.62. The van der Waals surface area contributed by atoms with Crippen molar-refractivity contribution in [2.24, 2.45) is 11.1 Å². The summed E-state index contributed by atoms with van der Waals surface area (Å²) in [5.74, 6) is 0.205. The van der Waals surface area contributed by atoms with Crippen molar-refractivity contribution >= 4 is 10.0 Å². The van der Waals surface area contributed by atoms with E-state index in [4.69, 9.17) is 5.73 Å². The summed E-state index contributed by atoms with van der Waals surface area (Å²) in [6.45, 7) is 6.76. The van der Waals surface area contributed by atoms with Gasteiger partial charge < -0.3 is 5.73 Å². The summed E-state index contributed by atoms with van der Waals surface area (Å²) in [6, 6.07) is 0.176. The first kappa shape index (κ1) is 15.9. The Hall–Kier alpha value is -0.130. The van der Waals surface area contributed by atoms with Gasteiger partial charge in [0.1, 0.15) is 0 Å². The van der Waals surface area contributed by atoms with Gasteiger partial charge in [0.15, 0.2) is 0 Å². The molecule has 0 atom stereocenters. The van der Waals surface area contributed by atoms with Crippen LogP contribution in [0.3, 0.4) is 0 Å². The molecule has 0 aliphatic heterocycles. The highest BCUT2D eigenvalue weighted by Crippen LogP contribution is 2.27. The van der Waals surface area contributed by atoms with Gasteiger partial charge in [0.2, 0.25) is 10.0 Å². The predicted molar refractivity (Wildman–Crippen MR) is 75.9 cm³/mol. The van der Waals surface area contributed by atoms with Crippen LogP contribution in [-0.4, -0.2) is 37.6 Å². The van der Waals surface area contributed by atoms with Crippen LogP contribution in [0.1, 0.15) is 52.9 Å². The lowest BCUT2D eigenvalue weighted by molar-refractivity contribution is 0.254. The van der Waals surface area contributed by atoms with Gasteiger partial charge in [-0.2, -0.15) is 4.31 Å². The molecule has 1 aliphatic carbocycles. The predicted octanol–water partition coefficient (Wildman–Crippen LogP) is 1.96. The maximum Gasteiger partial charge on any atom is 0.214 e. The van der Waals surface area contributed by atoms with Crippen molar-refractivity contribution in [1.29, 1.82) is 0 Å². The maximum absolute atomic E-state index is 12.5. The average Bonchev–Trinajstić information content (AvgIpc) is 2.23. The Balaban J connectivity index is 2.82. The zero-order valence-corrected chi connectivity index (χ0v) is 12.8. The molecule has 4 nitrogen and oxygen atoms in total. The monoisotopic (exact) mass is 276 g/mol. The summed E-state index contributed by atoms with van der Waals surface area (Å²) < 4.78 is 26.7. The Bertz CT molecular complexity index is 340. The second kappa shape index (κ2) is 6.35. The Morgan fingerprint density at radius 2 is 1.72 bits per heavy atom. The van der Waals surface area contributed by atoms with E-state index in [9.17, 15) is 8.42 Å². The zero-order valence-electron chi connectivity index (χ0n) is 12.0. The SMILES string of the molecule is CC(C)(C)CS(=O)(=O)N(CCN)C1CCCCC1. The van der Waals surface area contributed by atoms with E-state index in [-0.39, 0.29) is 17.2 Å². The van der Waals surface area contributed by atoms with E-state index < -0.39 is 10.0 Å². The first-order valence-corrected chi connectivity index (χ1v) is 8.57. The van der Waals surface area contributed by atoms with Crippen LogP contribution >= 0.6 is 0 Å². The van der Waals surface area contributed by atoms with Crippen LogP contribution in [0.25, 0.3) is 0 Å². The van der Waals surface area contributed by atoms with Crippen LogP contribution in [-0.2, 0) is 10.0 Å². The molecule has 2 N–H and O–H groups in total. The van der Waals surface area contributed by atoms with Crippen LogP contribution in [0.5, 0.6) is 0 Å². The normalized spacial score (nSPS) is 19.4. The molecule has 0 unspecified atom stereocenters. The quantitative estimate of drug-likeness (QED) is 0.835. The number of nitrogens with zero attached hydrogens (tertiary/aromatic N) is 1. The van der Waals surface area contributed by atoms with E-state index in [0.29, 0.717) is 13.1 Å². The second-order valence-electron chi connectivity index (χ2n) is 6.51. The molecular formula is C13H28N2O2S. The lowest BCUT2D eigenvalue weighted by Gasteiger charge is -2.35. The van der Waals surface area contributed by atoms with Crippen LogP contribution in [0.2, 0.25) is 0 Å². The summed E-state index contributed by atoms with van der Waals surface area (Å²) in [5, 5.41) is 0. The molecule has 1 saturated carbocycles. The lowest BCUT2D eigenvalue weighted by atomic mass is 9.95. The molecule has 108 valence electrons. The van der Waals surface area contributed by atoms with E-state index in [1.54, 1.807) is 4.31 Å². The summed E-state index contributed by atoms with van der Waals surface area (Å²) in [7, 11) is -3.19. The fourth-order valence-electron chi connectivity index (χ4n) is 2.68. The first-order valence-electron chi connectivity index (χ1n) is 6.96. The number of hydrogen-bond acceptors (Lipinski definition) is 3. The molecule has 0 aromatic rings. The molecule has 5 heteroatoms. The first-order chi connectivity index (χ1) is 8.26. The van der Waals surface area contributed by atoms with Crippen molar-refractivity contribution in [3.8, 4) is 0 Å². The Labute approximate surface area is 112 Å². The van der Waals surface area contributed by atoms with Crippen molar-refractivity contribution in [3.05, 3.63) is 0 Å². The number of rotatable bonds is 5. The van der Waals surface area contributed by atoms with Gasteiger partial charge in [-0.15, -0.1) is 0 Å². The topological polar surface area (TPSA) is 63.4 Å². The highest BCUT2D eigenvalue weighted by Gasteiger charge is 2.33. The van der Waals surface area contributed by atoms with E-state index in [1.165, 1.54) is 6.42 Å². The van der Waals surface area contributed by atoms with Crippen molar-refractivity contribution in [2.75, 3.05) is 18.8 Å². The zero-order chi connectivity index (χ0) is 13.8. The Morgan fingerprint density at radius 1 is 1.17 bits per heavy atom. The third kappa shape index (κ3) is 4.86. The molecule has 0 bridgehead atoms. The molecule has 1 aliphatic rings.